The first-order chi connectivity index (χ1) is 15.1. The van der Waals surface area contributed by atoms with E-state index < -0.39 is 0 Å². The van der Waals surface area contributed by atoms with Gasteiger partial charge in [0.2, 0.25) is 0 Å². The molecule has 3 heterocycles. The fraction of sp³-hybridized carbons (Fsp3) is 0.652. The maximum atomic E-state index is 13.5. The number of hydrogen-bond donors (Lipinski definition) is 1. The molecule has 0 bridgehead atoms. The molecule has 1 atom stereocenters. The van der Waals surface area contributed by atoms with Crippen molar-refractivity contribution in [2.24, 2.45) is 4.99 Å². The van der Waals surface area contributed by atoms with Crippen LogP contribution in [0.15, 0.2) is 29.3 Å². The van der Waals surface area contributed by atoms with Gasteiger partial charge in [-0.3, -0.25) is 9.79 Å². The van der Waals surface area contributed by atoms with Crippen LogP contribution in [0, 0.1) is 5.82 Å². The molecule has 0 radical (unpaired) electrons. The molecule has 1 amide bonds. The molecule has 0 aliphatic carbocycles. The lowest BCUT2D eigenvalue weighted by Crippen LogP contribution is -2.56. The van der Waals surface area contributed by atoms with E-state index in [-0.39, 0.29) is 47.2 Å². The van der Waals surface area contributed by atoms with Gasteiger partial charge in [-0.1, -0.05) is 12.1 Å². The molecule has 1 aromatic carbocycles. The Balaban J connectivity index is 0.00000289. The number of piperazine rings is 1. The second-order valence-electron chi connectivity index (χ2n) is 8.61. The molecule has 1 N–H and O–H groups in total. The molecule has 0 saturated carbocycles. The number of nitrogens with zero attached hydrogens (tertiary/aromatic N) is 3. The predicted octanol–water partition coefficient (Wildman–Crippen LogP) is 2.39. The van der Waals surface area contributed by atoms with Crippen molar-refractivity contribution in [3.05, 3.63) is 35.6 Å². The van der Waals surface area contributed by atoms with Crippen LogP contribution in [0.2, 0.25) is 0 Å². The molecule has 3 fully saturated rings. The lowest BCUT2D eigenvalue weighted by atomic mass is 9.74. The highest BCUT2D eigenvalue weighted by molar-refractivity contribution is 14.0. The fourth-order valence-corrected chi connectivity index (χ4v) is 4.83. The van der Waals surface area contributed by atoms with Gasteiger partial charge < -0.3 is 24.6 Å². The van der Waals surface area contributed by atoms with Crippen molar-refractivity contribution < 1.29 is 18.7 Å². The minimum atomic E-state index is -0.256. The normalized spacial score (nSPS) is 23.6. The number of carbonyl (C=O) groups excluding carboxylic acids is 1. The van der Waals surface area contributed by atoms with E-state index in [0.29, 0.717) is 39.5 Å². The maximum Gasteiger partial charge on any atom is 0.251 e. The first-order valence-electron chi connectivity index (χ1n) is 11.3. The van der Waals surface area contributed by atoms with Gasteiger partial charge in [-0.05, 0) is 43.4 Å². The lowest BCUT2D eigenvalue weighted by Gasteiger charge is -2.41. The third kappa shape index (κ3) is 5.72. The summed E-state index contributed by atoms with van der Waals surface area (Å²) in [5.41, 5.74) is 1.02. The Morgan fingerprint density at radius 2 is 1.78 bits per heavy atom. The largest absolute Gasteiger partial charge is 0.381 e. The minimum Gasteiger partial charge on any atom is -0.381 e. The molecule has 0 aromatic heterocycles. The van der Waals surface area contributed by atoms with Crippen LogP contribution in [0.4, 0.5) is 4.39 Å². The first kappa shape index (κ1) is 25.2. The van der Waals surface area contributed by atoms with E-state index in [1.807, 2.05) is 17.0 Å². The Bertz CT molecular complexity index is 772. The maximum absolute atomic E-state index is 13.5. The first-order valence-corrected chi connectivity index (χ1v) is 11.3. The number of guanidine groups is 1. The van der Waals surface area contributed by atoms with Crippen LogP contribution >= 0.6 is 24.0 Å². The van der Waals surface area contributed by atoms with E-state index in [4.69, 9.17) is 9.47 Å². The van der Waals surface area contributed by atoms with Crippen LogP contribution in [0.25, 0.3) is 0 Å². The highest BCUT2D eigenvalue weighted by atomic mass is 127. The van der Waals surface area contributed by atoms with E-state index in [1.54, 1.807) is 7.05 Å². The van der Waals surface area contributed by atoms with Crippen LogP contribution in [0.3, 0.4) is 0 Å². The number of benzene rings is 1. The molecule has 3 saturated heterocycles. The average Bonchev–Trinajstić information content (AvgIpc) is 3.35. The van der Waals surface area contributed by atoms with Crippen molar-refractivity contribution in [2.75, 3.05) is 59.6 Å². The van der Waals surface area contributed by atoms with Crippen molar-refractivity contribution >= 4 is 35.8 Å². The van der Waals surface area contributed by atoms with Crippen LogP contribution in [-0.4, -0.2) is 87.4 Å². The second kappa shape index (κ2) is 11.6. The second-order valence-corrected chi connectivity index (χ2v) is 8.61. The number of hydrogen-bond acceptors (Lipinski definition) is 4. The molecule has 1 aromatic rings. The van der Waals surface area contributed by atoms with Gasteiger partial charge in [0.1, 0.15) is 11.9 Å². The number of rotatable bonds is 4. The molecule has 0 spiro atoms. The van der Waals surface area contributed by atoms with Crippen LogP contribution in [0.1, 0.15) is 31.2 Å². The summed E-state index contributed by atoms with van der Waals surface area (Å²) in [6.07, 6.45) is 3.30. The zero-order valence-corrected chi connectivity index (χ0v) is 21.1. The Hall–Kier alpha value is -1.46. The number of aliphatic imine (C=N–C) groups is 1. The summed E-state index contributed by atoms with van der Waals surface area (Å²) in [5.74, 6) is 0.750. The molecular formula is C23H34FIN4O3. The summed E-state index contributed by atoms with van der Waals surface area (Å²) >= 11 is 0. The van der Waals surface area contributed by atoms with E-state index in [9.17, 15) is 9.18 Å². The molecule has 7 nitrogen and oxygen atoms in total. The van der Waals surface area contributed by atoms with E-state index in [1.165, 1.54) is 12.1 Å². The monoisotopic (exact) mass is 560 g/mol. The molecular weight excluding hydrogens is 526 g/mol. The van der Waals surface area contributed by atoms with Gasteiger partial charge in [0, 0.05) is 65.0 Å². The van der Waals surface area contributed by atoms with Gasteiger partial charge >= 0.3 is 0 Å². The standard InChI is InChI=1S/C23H33FN4O3.HI/c1-25-22(28-12-10-27(11-13-28)21(29)20-3-2-14-31-20)26-17-23(8-15-30-16-9-23)18-4-6-19(24)7-5-18;/h4-7,20H,2-3,8-17H2,1H3,(H,25,26);1H. The Labute approximate surface area is 206 Å². The summed E-state index contributed by atoms with van der Waals surface area (Å²) < 4.78 is 24.6. The number of ether oxygens (including phenoxy) is 2. The minimum absolute atomic E-state index is 0. The Morgan fingerprint density at radius 3 is 2.38 bits per heavy atom. The van der Waals surface area contributed by atoms with E-state index in [2.05, 4.69) is 15.2 Å². The van der Waals surface area contributed by atoms with Crippen molar-refractivity contribution in [1.29, 1.82) is 0 Å². The number of halogens is 2. The van der Waals surface area contributed by atoms with Gasteiger partial charge in [0.25, 0.3) is 5.91 Å². The molecule has 178 valence electrons. The average molecular weight is 560 g/mol. The van der Waals surface area contributed by atoms with Gasteiger partial charge in [-0.2, -0.15) is 0 Å². The Morgan fingerprint density at radius 1 is 1.12 bits per heavy atom. The molecule has 3 aliphatic rings. The summed E-state index contributed by atoms with van der Waals surface area (Å²) in [5, 5.41) is 3.56. The number of amides is 1. The highest BCUT2D eigenvalue weighted by Gasteiger charge is 2.36. The van der Waals surface area contributed by atoms with Crippen LogP contribution in [0.5, 0.6) is 0 Å². The van der Waals surface area contributed by atoms with Crippen LogP contribution in [-0.2, 0) is 19.7 Å². The van der Waals surface area contributed by atoms with Crippen molar-refractivity contribution in [3.8, 4) is 0 Å². The fourth-order valence-electron chi connectivity index (χ4n) is 4.83. The quantitative estimate of drug-likeness (QED) is 0.348. The third-order valence-corrected chi connectivity index (χ3v) is 6.80. The number of nitrogens with one attached hydrogen (secondary N) is 1. The molecule has 1 unspecified atom stereocenters. The third-order valence-electron chi connectivity index (χ3n) is 6.80. The Kier molecular flexibility index (Phi) is 9.13. The van der Waals surface area contributed by atoms with Gasteiger partial charge in [-0.15, -0.1) is 24.0 Å². The van der Waals surface area contributed by atoms with E-state index >= 15 is 0 Å². The van der Waals surface area contributed by atoms with Crippen molar-refractivity contribution in [2.45, 2.75) is 37.2 Å². The molecule has 4 rings (SSSR count). The van der Waals surface area contributed by atoms with Gasteiger partial charge in [0.05, 0.1) is 0 Å². The number of carbonyl (C=O) groups is 1. The summed E-state index contributed by atoms with van der Waals surface area (Å²) in [6.45, 7) is 5.63. The lowest BCUT2D eigenvalue weighted by molar-refractivity contribution is -0.142. The molecule has 9 heteroatoms. The predicted molar refractivity (Wildman–Crippen MR) is 132 cm³/mol. The van der Waals surface area contributed by atoms with Gasteiger partial charge in [-0.25, -0.2) is 4.39 Å². The summed E-state index contributed by atoms with van der Waals surface area (Å²) in [6, 6.07) is 6.85. The van der Waals surface area contributed by atoms with Crippen molar-refractivity contribution in [3.63, 3.8) is 0 Å². The highest BCUT2D eigenvalue weighted by Crippen LogP contribution is 2.34. The summed E-state index contributed by atoms with van der Waals surface area (Å²) in [7, 11) is 1.79. The topological polar surface area (TPSA) is 66.4 Å². The SMILES string of the molecule is CN=C(NCC1(c2ccc(F)cc2)CCOCC1)N1CCN(C(=O)C2CCCO2)CC1.I. The zero-order valence-electron chi connectivity index (χ0n) is 18.7. The zero-order chi connectivity index (χ0) is 21.7. The summed E-state index contributed by atoms with van der Waals surface area (Å²) in [4.78, 5) is 21.2. The molecule has 32 heavy (non-hydrogen) atoms. The van der Waals surface area contributed by atoms with Crippen LogP contribution < -0.4 is 5.32 Å². The smallest absolute Gasteiger partial charge is 0.251 e. The van der Waals surface area contributed by atoms with Gasteiger partial charge in [0.15, 0.2) is 5.96 Å². The molecule has 3 aliphatic heterocycles. The van der Waals surface area contributed by atoms with E-state index in [0.717, 1.165) is 50.3 Å². The van der Waals surface area contributed by atoms with Crippen molar-refractivity contribution in [1.82, 2.24) is 15.1 Å².